The largest absolute Gasteiger partial charge is 0.378 e. The van der Waals surface area contributed by atoms with Gasteiger partial charge in [0.1, 0.15) is 6.54 Å². The number of hydrogen-bond donors (Lipinski definition) is 1. The Morgan fingerprint density at radius 2 is 1.79 bits per heavy atom. The first kappa shape index (κ1) is 22.7. The van der Waals surface area contributed by atoms with Crippen molar-refractivity contribution < 1.29 is 9.13 Å². The van der Waals surface area contributed by atoms with Crippen molar-refractivity contribution in [2.45, 2.75) is 13.1 Å². The molecule has 0 atom stereocenters. The number of rotatable bonds is 8. The van der Waals surface area contributed by atoms with Gasteiger partial charge in [0.2, 0.25) is 0 Å². The van der Waals surface area contributed by atoms with Crippen LogP contribution in [0.1, 0.15) is 11.3 Å². The van der Waals surface area contributed by atoms with Crippen LogP contribution in [0, 0.1) is 5.82 Å². The predicted molar refractivity (Wildman–Crippen MR) is 125 cm³/mol. The van der Waals surface area contributed by atoms with Crippen LogP contribution in [-0.2, 0) is 17.8 Å². The van der Waals surface area contributed by atoms with E-state index < -0.39 is 5.82 Å². The second-order valence-electron chi connectivity index (χ2n) is 7.94. The number of halogens is 1. The number of ether oxygens (including phenoxy) is 1. The molecule has 1 fully saturated rings. The first-order valence-corrected chi connectivity index (χ1v) is 10.8. The molecule has 1 aliphatic heterocycles. The second kappa shape index (κ2) is 10.9. The highest BCUT2D eigenvalue weighted by atomic mass is 19.1. The van der Waals surface area contributed by atoms with Crippen LogP contribution in [0.4, 0.5) is 27.5 Å². The molecule has 3 aromatic rings. The van der Waals surface area contributed by atoms with Crippen molar-refractivity contribution in [1.82, 2.24) is 19.9 Å². The molecule has 10 heteroatoms. The smallest absolute Gasteiger partial charge is 0.270 e. The van der Waals surface area contributed by atoms with Crippen LogP contribution in [0.25, 0.3) is 0 Å². The number of azo groups is 1. The summed E-state index contributed by atoms with van der Waals surface area (Å²) >= 11 is 0. The Morgan fingerprint density at radius 1 is 1.03 bits per heavy atom. The normalized spacial score (nSPS) is 14.2. The van der Waals surface area contributed by atoms with Crippen molar-refractivity contribution in [1.29, 1.82) is 0 Å². The van der Waals surface area contributed by atoms with E-state index in [-0.39, 0.29) is 18.3 Å². The molecule has 0 aliphatic carbocycles. The van der Waals surface area contributed by atoms with E-state index in [1.54, 1.807) is 6.20 Å². The van der Waals surface area contributed by atoms with Crippen molar-refractivity contribution in [3.05, 3.63) is 65.9 Å². The molecule has 1 aromatic carbocycles. The van der Waals surface area contributed by atoms with E-state index in [1.807, 2.05) is 31.1 Å². The van der Waals surface area contributed by atoms with Gasteiger partial charge in [-0.2, -0.15) is 10.1 Å². The van der Waals surface area contributed by atoms with Gasteiger partial charge in [-0.25, -0.2) is 9.37 Å². The summed E-state index contributed by atoms with van der Waals surface area (Å²) in [6.07, 6.45) is 2.88. The molecule has 1 aliphatic rings. The van der Waals surface area contributed by atoms with Crippen LogP contribution in [0.15, 0.2) is 59.0 Å². The van der Waals surface area contributed by atoms with Gasteiger partial charge in [0.05, 0.1) is 37.0 Å². The lowest BCUT2D eigenvalue weighted by Crippen LogP contribution is -2.37. The number of aromatic nitrogens is 3. The van der Waals surface area contributed by atoms with E-state index in [0.29, 0.717) is 26.3 Å². The highest BCUT2D eigenvalue weighted by Crippen LogP contribution is 2.20. The average molecular weight is 451 g/mol. The Kier molecular flexibility index (Phi) is 7.48. The van der Waals surface area contributed by atoms with E-state index in [4.69, 9.17) is 4.74 Å². The molecule has 0 amide bonds. The zero-order valence-corrected chi connectivity index (χ0v) is 18.8. The SMILES string of the molecule is CN(C)Cc1ccc(Nc2ccc(CN=Nc3ncc(F)c(N4CCOCC4)n3)nc2)cc1. The average Bonchev–Trinajstić information content (AvgIpc) is 2.83. The van der Waals surface area contributed by atoms with Crippen LogP contribution >= 0.6 is 0 Å². The van der Waals surface area contributed by atoms with Gasteiger partial charge in [-0.1, -0.05) is 12.1 Å². The fourth-order valence-electron chi connectivity index (χ4n) is 3.38. The lowest BCUT2D eigenvalue weighted by Gasteiger charge is -2.27. The first-order valence-electron chi connectivity index (χ1n) is 10.8. The number of benzene rings is 1. The topological polar surface area (TPSA) is 91.1 Å². The van der Waals surface area contributed by atoms with Gasteiger partial charge in [0.15, 0.2) is 11.6 Å². The molecule has 33 heavy (non-hydrogen) atoms. The number of nitrogens with zero attached hydrogens (tertiary/aromatic N) is 7. The molecule has 1 N–H and O–H groups in total. The van der Waals surface area contributed by atoms with E-state index in [9.17, 15) is 4.39 Å². The molecule has 0 saturated carbocycles. The van der Waals surface area contributed by atoms with Gasteiger partial charge < -0.3 is 19.9 Å². The molecule has 4 rings (SSSR count). The van der Waals surface area contributed by atoms with Gasteiger partial charge in [-0.05, 0) is 43.9 Å². The van der Waals surface area contributed by atoms with Gasteiger partial charge in [0.25, 0.3) is 5.95 Å². The monoisotopic (exact) mass is 450 g/mol. The van der Waals surface area contributed by atoms with Gasteiger partial charge in [0, 0.05) is 25.3 Å². The molecule has 2 aromatic heterocycles. The van der Waals surface area contributed by atoms with Crippen molar-refractivity contribution in [2.75, 3.05) is 50.6 Å². The van der Waals surface area contributed by atoms with Gasteiger partial charge >= 0.3 is 0 Å². The van der Waals surface area contributed by atoms with E-state index >= 15 is 0 Å². The summed E-state index contributed by atoms with van der Waals surface area (Å²) < 4.78 is 19.4. The molecule has 0 bridgehead atoms. The standard InChI is InChI=1S/C23H27FN8O/c1-31(2)16-17-3-5-18(6-4-17)28-20-8-7-19(25-13-20)14-27-30-23-26-15-21(24)22(29-23)32-9-11-33-12-10-32/h3-8,13,15,28H,9-12,14,16H2,1-2H3. The zero-order valence-electron chi connectivity index (χ0n) is 18.8. The van der Waals surface area contributed by atoms with Crippen molar-refractivity contribution >= 4 is 23.1 Å². The van der Waals surface area contributed by atoms with Crippen molar-refractivity contribution in [3.8, 4) is 0 Å². The molecular formula is C23H27FN8O. The number of nitrogens with one attached hydrogen (secondary N) is 1. The third-order valence-electron chi connectivity index (χ3n) is 4.98. The number of pyridine rings is 1. The summed E-state index contributed by atoms with van der Waals surface area (Å²) in [5.41, 5.74) is 3.89. The van der Waals surface area contributed by atoms with Crippen LogP contribution in [-0.4, -0.2) is 60.3 Å². The minimum atomic E-state index is -0.479. The second-order valence-corrected chi connectivity index (χ2v) is 7.94. The lowest BCUT2D eigenvalue weighted by atomic mass is 10.2. The number of hydrogen-bond acceptors (Lipinski definition) is 9. The molecule has 1 saturated heterocycles. The molecule has 172 valence electrons. The Labute approximate surface area is 192 Å². The Hall–Kier alpha value is -3.50. The summed E-state index contributed by atoms with van der Waals surface area (Å²) in [4.78, 5) is 16.5. The maximum atomic E-state index is 14.1. The molecular weight excluding hydrogens is 423 g/mol. The summed E-state index contributed by atoms with van der Waals surface area (Å²) in [5, 5.41) is 11.5. The van der Waals surface area contributed by atoms with Crippen LogP contribution in [0.2, 0.25) is 0 Å². The highest BCUT2D eigenvalue weighted by molar-refractivity contribution is 5.58. The summed E-state index contributed by atoms with van der Waals surface area (Å²) in [7, 11) is 4.10. The lowest BCUT2D eigenvalue weighted by molar-refractivity contribution is 0.122. The fourth-order valence-corrected chi connectivity index (χ4v) is 3.38. The highest BCUT2D eigenvalue weighted by Gasteiger charge is 2.17. The first-order chi connectivity index (χ1) is 16.1. The maximum Gasteiger partial charge on any atom is 0.270 e. The molecule has 3 heterocycles. The zero-order chi connectivity index (χ0) is 23.0. The van der Waals surface area contributed by atoms with E-state index in [0.717, 1.165) is 29.8 Å². The Morgan fingerprint density at radius 3 is 2.48 bits per heavy atom. The number of morpholine rings is 1. The van der Waals surface area contributed by atoms with Crippen LogP contribution in [0.5, 0.6) is 0 Å². The van der Waals surface area contributed by atoms with E-state index in [1.165, 1.54) is 5.56 Å². The minimum Gasteiger partial charge on any atom is -0.378 e. The fraction of sp³-hybridized carbons (Fsp3) is 0.348. The summed E-state index contributed by atoms with van der Waals surface area (Å²) in [6.45, 7) is 3.41. The number of anilines is 3. The third-order valence-corrected chi connectivity index (χ3v) is 4.98. The molecule has 0 unspecified atom stereocenters. The minimum absolute atomic E-state index is 0.119. The van der Waals surface area contributed by atoms with Crippen molar-refractivity contribution in [3.63, 3.8) is 0 Å². The third kappa shape index (κ3) is 6.50. The molecule has 0 radical (unpaired) electrons. The Bertz CT molecular complexity index is 1070. The van der Waals surface area contributed by atoms with Crippen LogP contribution < -0.4 is 10.2 Å². The van der Waals surface area contributed by atoms with Gasteiger partial charge in [-0.15, -0.1) is 5.11 Å². The molecule has 9 nitrogen and oxygen atoms in total. The maximum absolute atomic E-state index is 14.1. The summed E-state index contributed by atoms with van der Waals surface area (Å²) in [6, 6.07) is 12.1. The predicted octanol–water partition coefficient (Wildman–Crippen LogP) is 3.94. The molecule has 0 spiro atoms. The van der Waals surface area contributed by atoms with E-state index in [2.05, 4.69) is 59.7 Å². The summed E-state index contributed by atoms with van der Waals surface area (Å²) in [5.74, 6) is -0.132. The van der Waals surface area contributed by atoms with Crippen molar-refractivity contribution in [2.24, 2.45) is 10.2 Å². The Balaban J connectivity index is 1.33. The van der Waals surface area contributed by atoms with Gasteiger partial charge in [-0.3, -0.25) is 4.98 Å². The quantitative estimate of drug-likeness (QED) is 0.520. The van der Waals surface area contributed by atoms with Crippen LogP contribution in [0.3, 0.4) is 0 Å².